The number of hydrogen-bond acceptors (Lipinski definition) is 4. The normalized spacial score (nSPS) is 15.2. The zero-order chi connectivity index (χ0) is 14.7. The standard InChI is InChI=1S/C15H17Br2N3O/c16-13-8-12(21-15(13)17)10-18-11-4-5-14(19-9-11)20-6-2-1-3-7-20/h4-5,8-9,18H,1-3,6-7,10H2. The van der Waals surface area contributed by atoms with Gasteiger partial charge in [-0.05, 0) is 69.3 Å². The average molecular weight is 415 g/mol. The molecule has 1 aliphatic rings. The van der Waals surface area contributed by atoms with E-state index in [4.69, 9.17) is 4.42 Å². The van der Waals surface area contributed by atoms with E-state index in [2.05, 4.69) is 59.2 Å². The smallest absolute Gasteiger partial charge is 0.183 e. The van der Waals surface area contributed by atoms with Gasteiger partial charge in [0.25, 0.3) is 0 Å². The molecule has 2 aromatic rings. The molecule has 4 nitrogen and oxygen atoms in total. The van der Waals surface area contributed by atoms with Gasteiger partial charge in [-0.1, -0.05) is 0 Å². The number of pyridine rings is 1. The van der Waals surface area contributed by atoms with Gasteiger partial charge in [0.2, 0.25) is 0 Å². The first-order valence-electron chi connectivity index (χ1n) is 7.11. The van der Waals surface area contributed by atoms with Gasteiger partial charge in [0, 0.05) is 13.1 Å². The van der Waals surface area contributed by atoms with E-state index in [0.29, 0.717) is 6.54 Å². The van der Waals surface area contributed by atoms with Gasteiger partial charge in [-0.2, -0.15) is 0 Å². The highest BCUT2D eigenvalue weighted by molar-refractivity contribution is 9.13. The quantitative estimate of drug-likeness (QED) is 0.779. The van der Waals surface area contributed by atoms with E-state index in [1.54, 1.807) is 0 Å². The third-order valence-electron chi connectivity index (χ3n) is 3.59. The summed E-state index contributed by atoms with van der Waals surface area (Å²) >= 11 is 6.75. The highest BCUT2D eigenvalue weighted by Crippen LogP contribution is 2.27. The molecule has 0 aromatic carbocycles. The lowest BCUT2D eigenvalue weighted by atomic mass is 10.1. The van der Waals surface area contributed by atoms with Crippen molar-refractivity contribution in [3.8, 4) is 0 Å². The highest BCUT2D eigenvalue weighted by atomic mass is 79.9. The molecule has 0 aliphatic carbocycles. The van der Waals surface area contributed by atoms with E-state index in [-0.39, 0.29) is 0 Å². The minimum atomic E-state index is 0.634. The molecule has 0 saturated carbocycles. The second kappa shape index (κ2) is 6.83. The molecule has 3 rings (SSSR count). The molecule has 1 aliphatic heterocycles. The molecule has 112 valence electrons. The zero-order valence-corrected chi connectivity index (χ0v) is 14.8. The fraction of sp³-hybridized carbons (Fsp3) is 0.400. The molecule has 21 heavy (non-hydrogen) atoms. The number of rotatable bonds is 4. The van der Waals surface area contributed by atoms with E-state index in [1.807, 2.05) is 12.3 Å². The molecule has 0 bridgehead atoms. The Bertz CT molecular complexity index is 572. The van der Waals surface area contributed by atoms with Crippen molar-refractivity contribution < 1.29 is 4.42 Å². The molecule has 2 aromatic heterocycles. The molecule has 0 radical (unpaired) electrons. The summed E-state index contributed by atoms with van der Waals surface area (Å²) in [5.41, 5.74) is 0.999. The Hall–Kier alpha value is -1.01. The van der Waals surface area contributed by atoms with Crippen LogP contribution in [0.2, 0.25) is 0 Å². The summed E-state index contributed by atoms with van der Waals surface area (Å²) in [5.74, 6) is 1.94. The topological polar surface area (TPSA) is 41.3 Å². The van der Waals surface area contributed by atoms with Crippen molar-refractivity contribution in [2.45, 2.75) is 25.8 Å². The summed E-state index contributed by atoms with van der Waals surface area (Å²) in [6.45, 7) is 2.87. The third kappa shape index (κ3) is 3.80. The summed E-state index contributed by atoms with van der Waals surface area (Å²) in [5, 5.41) is 3.32. The van der Waals surface area contributed by atoms with Crippen molar-refractivity contribution in [2.75, 3.05) is 23.3 Å². The predicted molar refractivity (Wildman–Crippen MR) is 91.7 cm³/mol. The number of nitrogens with one attached hydrogen (secondary N) is 1. The second-order valence-corrected chi connectivity index (χ2v) is 6.72. The number of nitrogens with zero attached hydrogens (tertiary/aromatic N) is 2. The Balaban J connectivity index is 1.59. The summed E-state index contributed by atoms with van der Waals surface area (Å²) in [6, 6.07) is 6.11. The molecular weight excluding hydrogens is 398 g/mol. The zero-order valence-electron chi connectivity index (χ0n) is 11.6. The van der Waals surface area contributed by atoms with Crippen molar-refractivity contribution >= 4 is 43.4 Å². The van der Waals surface area contributed by atoms with Crippen LogP contribution in [0.25, 0.3) is 0 Å². The molecular formula is C15H17Br2N3O. The lowest BCUT2D eigenvalue weighted by molar-refractivity contribution is 0.494. The maximum atomic E-state index is 5.53. The van der Waals surface area contributed by atoms with Crippen molar-refractivity contribution in [1.29, 1.82) is 0 Å². The summed E-state index contributed by atoms with van der Waals surface area (Å²) < 4.78 is 7.18. The van der Waals surface area contributed by atoms with Gasteiger partial charge in [-0.25, -0.2) is 4.98 Å². The monoisotopic (exact) mass is 413 g/mol. The second-order valence-electron chi connectivity index (χ2n) is 5.14. The summed E-state index contributed by atoms with van der Waals surface area (Å²) in [6.07, 6.45) is 5.76. The maximum absolute atomic E-state index is 5.53. The molecule has 1 saturated heterocycles. The first kappa shape index (κ1) is 14.9. The minimum Gasteiger partial charge on any atom is -0.451 e. The number of piperidine rings is 1. The Morgan fingerprint density at radius 2 is 2.00 bits per heavy atom. The van der Waals surface area contributed by atoms with E-state index < -0.39 is 0 Å². The molecule has 0 atom stereocenters. The molecule has 3 heterocycles. The van der Waals surface area contributed by atoms with Crippen molar-refractivity contribution in [3.63, 3.8) is 0 Å². The molecule has 0 amide bonds. The van der Waals surface area contributed by atoms with Crippen LogP contribution in [-0.4, -0.2) is 18.1 Å². The molecule has 0 unspecified atom stereocenters. The van der Waals surface area contributed by atoms with E-state index in [9.17, 15) is 0 Å². The lowest BCUT2D eigenvalue weighted by Gasteiger charge is -2.27. The third-order valence-corrected chi connectivity index (χ3v) is 5.30. The number of hydrogen-bond donors (Lipinski definition) is 1. The van der Waals surface area contributed by atoms with Gasteiger partial charge in [0.1, 0.15) is 11.6 Å². The molecule has 1 fully saturated rings. The maximum Gasteiger partial charge on any atom is 0.183 e. The lowest BCUT2D eigenvalue weighted by Crippen LogP contribution is -2.30. The Labute approximate surface area is 141 Å². The van der Waals surface area contributed by atoms with Crippen LogP contribution >= 0.6 is 31.9 Å². The van der Waals surface area contributed by atoms with Crippen LogP contribution in [0.5, 0.6) is 0 Å². The highest BCUT2D eigenvalue weighted by Gasteiger charge is 2.11. The number of halogens is 2. The molecule has 0 spiro atoms. The van der Waals surface area contributed by atoms with Crippen LogP contribution in [0.4, 0.5) is 11.5 Å². The van der Waals surface area contributed by atoms with Gasteiger partial charge in [0.15, 0.2) is 4.67 Å². The fourth-order valence-corrected chi connectivity index (χ4v) is 3.13. The van der Waals surface area contributed by atoms with E-state index in [1.165, 1.54) is 19.3 Å². The Morgan fingerprint density at radius 1 is 1.19 bits per heavy atom. The predicted octanol–water partition coefficient (Wildman–Crippen LogP) is 4.80. The fourth-order valence-electron chi connectivity index (χ4n) is 2.47. The van der Waals surface area contributed by atoms with Gasteiger partial charge < -0.3 is 14.6 Å². The Kier molecular flexibility index (Phi) is 4.85. The molecule has 1 N–H and O–H groups in total. The average Bonchev–Trinajstić information content (AvgIpc) is 2.85. The SMILES string of the molecule is Brc1cc(CNc2ccc(N3CCCCC3)nc2)oc1Br. The van der Waals surface area contributed by atoms with Crippen LogP contribution in [-0.2, 0) is 6.54 Å². The van der Waals surface area contributed by atoms with Gasteiger partial charge >= 0.3 is 0 Å². The minimum absolute atomic E-state index is 0.634. The largest absolute Gasteiger partial charge is 0.451 e. The van der Waals surface area contributed by atoms with E-state index >= 15 is 0 Å². The number of anilines is 2. The first-order valence-corrected chi connectivity index (χ1v) is 8.69. The Morgan fingerprint density at radius 3 is 2.62 bits per heavy atom. The van der Waals surface area contributed by atoms with Crippen LogP contribution < -0.4 is 10.2 Å². The summed E-state index contributed by atoms with van der Waals surface area (Å²) in [4.78, 5) is 6.91. The van der Waals surface area contributed by atoms with Crippen LogP contribution in [0.15, 0.2) is 38.0 Å². The van der Waals surface area contributed by atoms with Crippen LogP contribution in [0.3, 0.4) is 0 Å². The van der Waals surface area contributed by atoms with Gasteiger partial charge in [-0.3, -0.25) is 0 Å². The summed E-state index contributed by atoms with van der Waals surface area (Å²) in [7, 11) is 0. The van der Waals surface area contributed by atoms with Crippen molar-refractivity contribution in [3.05, 3.63) is 39.3 Å². The van der Waals surface area contributed by atoms with E-state index in [0.717, 1.165) is 39.5 Å². The van der Waals surface area contributed by atoms with Crippen molar-refractivity contribution in [2.24, 2.45) is 0 Å². The van der Waals surface area contributed by atoms with Crippen LogP contribution in [0.1, 0.15) is 25.0 Å². The molecule has 6 heteroatoms. The van der Waals surface area contributed by atoms with Crippen LogP contribution in [0, 0.1) is 0 Å². The van der Waals surface area contributed by atoms with Gasteiger partial charge in [0.05, 0.1) is 22.9 Å². The first-order chi connectivity index (χ1) is 10.2. The van der Waals surface area contributed by atoms with Crippen molar-refractivity contribution in [1.82, 2.24) is 4.98 Å². The number of aromatic nitrogens is 1. The number of furan rings is 1. The van der Waals surface area contributed by atoms with Gasteiger partial charge in [-0.15, -0.1) is 0 Å².